The molecule has 2 saturated carbocycles. The zero-order valence-electron chi connectivity index (χ0n) is 7.10. The fourth-order valence-electron chi connectivity index (χ4n) is 3.41. The van der Waals surface area contributed by atoms with Gasteiger partial charge < -0.3 is 14.9 Å². The highest BCUT2D eigenvalue weighted by Gasteiger charge is 2.64. The predicted molar refractivity (Wildman–Crippen MR) is 41.2 cm³/mol. The number of hydrogen-bond donors (Lipinski definition) is 2. The Balaban J connectivity index is 2.00. The van der Waals surface area contributed by atoms with Crippen LogP contribution in [0.25, 0.3) is 0 Å². The fraction of sp³-hybridized carbons (Fsp3) is 1.00. The van der Waals surface area contributed by atoms with Crippen molar-refractivity contribution in [1.29, 1.82) is 0 Å². The van der Waals surface area contributed by atoms with Gasteiger partial charge in [-0.3, -0.25) is 0 Å². The largest absolute Gasteiger partial charge is 0.390 e. The second-order valence-electron chi connectivity index (χ2n) is 4.63. The monoisotopic (exact) mass is 170 g/mol. The van der Waals surface area contributed by atoms with Crippen molar-refractivity contribution in [3.05, 3.63) is 0 Å². The van der Waals surface area contributed by atoms with E-state index in [9.17, 15) is 10.2 Å². The summed E-state index contributed by atoms with van der Waals surface area (Å²) in [7, 11) is 0. The first-order valence-corrected chi connectivity index (χ1v) is 4.68. The average molecular weight is 170 g/mol. The van der Waals surface area contributed by atoms with E-state index in [1.54, 1.807) is 6.92 Å². The summed E-state index contributed by atoms with van der Waals surface area (Å²) in [6.45, 7) is 1.73. The molecule has 0 spiro atoms. The van der Waals surface area contributed by atoms with Crippen LogP contribution in [0.3, 0.4) is 0 Å². The third-order valence-corrected chi connectivity index (χ3v) is 3.95. The maximum absolute atomic E-state index is 9.85. The molecule has 0 aromatic carbocycles. The van der Waals surface area contributed by atoms with Crippen LogP contribution in [0.15, 0.2) is 0 Å². The summed E-state index contributed by atoms with van der Waals surface area (Å²) < 4.78 is 5.44. The molecule has 2 bridgehead atoms. The van der Waals surface area contributed by atoms with Crippen molar-refractivity contribution in [3.63, 3.8) is 0 Å². The molecule has 1 saturated heterocycles. The van der Waals surface area contributed by atoms with Gasteiger partial charge in [0.25, 0.3) is 0 Å². The summed E-state index contributed by atoms with van der Waals surface area (Å²) in [6.07, 6.45) is 1.59. The molecule has 3 fully saturated rings. The number of hydrogen-bond acceptors (Lipinski definition) is 3. The molecule has 0 amide bonds. The Bertz CT molecular complexity index is 226. The van der Waals surface area contributed by atoms with Gasteiger partial charge in [0.1, 0.15) is 0 Å². The molecule has 12 heavy (non-hydrogen) atoms. The van der Waals surface area contributed by atoms with Gasteiger partial charge in [0, 0.05) is 5.92 Å². The van der Waals surface area contributed by atoms with Crippen molar-refractivity contribution >= 4 is 0 Å². The predicted octanol–water partition coefficient (Wildman–Crippen LogP) is 0.111. The molecule has 1 aliphatic heterocycles. The summed E-state index contributed by atoms with van der Waals surface area (Å²) in [4.78, 5) is 0. The molecule has 3 nitrogen and oxygen atoms in total. The highest BCUT2D eigenvalue weighted by atomic mass is 16.6. The van der Waals surface area contributed by atoms with Crippen LogP contribution in [0.4, 0.5) is 0 Å². The maximum atomic E-state index is 9.85. The molecule has 6 atom stereocenters. The Hall–Kier alpha value is -0.120. The van der Waals surface area contributed by atoms with E-state index >= 15 is 0 Å². The van der Waals surface area contributed by atoms with Gasteiger partial charge in [-0.25, -0.2) is 0 Å². The topological polar surface area (TPSA) is 49.7 Å². The molecule has 3 heteroatoms. The lowest BCUT2D eigenvalue weighted by Gasteiger charge is -2.23. The maximum Gasteiger partial charge on any atom is 0.166 e. The zero-order chi connectivity index (χ0) is 8.51. The summed E-state index contributed by atoms with van der Waals surface area (Å²) in [5.41, 5.74) is 0. The smallest absolute Gasteiger partial charge is 0.166 e. The summed E-state index contributed by atoms with van der Waals surface area (Å²) in [5, 5.41) is 19.5. The van der Waals surface area contributed by atoms with Crippen LogP contribution in [0.5, 0.6) is 0 Å². The highest BCUT2D eigenvalue weighted by molar-refractivity contribution is 5.09. The van der Waals surface area contributed by atoms with Crippen molar-refractivity contribution in [2.45, 2.75) is 37.8 Å². The van der Waals surface area contributed by atoms with Crippen LogP contribution in [0.2, 0.25) is 0 Å². The Morgan fingerprint density at radius 1 is 1.42 bits per heavy atom. The highest BCUT2D eigenvalue weighted by Crippen LogP contribution is 2.59. The molecule has 68 valence electrons. The molecule has 0 aromatic rings. The van der Waals surface area contributed by atoms with E-state index < -0.39 is 5.79 Å². The Labute approximate surface area is 71.3 Å². The number of rotatable bonds is 0. The fourth-order valence-corrected chi connectivity index (χ4v) is 3.41. The average Bonchev–Trinajstić information content (AvgIpc) is 2.54. The standard InChI is InChI=1S/C9H14O3/c1-9(11)6-3-4-2-5(6)8(12-9)7(4)10/h4-8,10-11H,2-3H2,1H3. The van der Waals surface area contributed by atoms with Crippen LogP contribution in [-0.4, -0.2) is 28.2 Å². The van der Waals surface area contributed by atoms with Gasteiger partial charge in [-0.2, -0.15) is 0 Å². The van der Waals surface area contributed by atoms with E-state index in [1.807, 2.05) is 0 Å². The lowest BCUT2D eigenvalue weighted by atomic mass is 9.84. The Kier molecular flexibility index (Phi) is 1.13. The number of aliphatic hydroxyl groups excluding tert-OH is 1. The molecule has 0 aromatic heterocycles. The number of aliphatic hydroxyl groups is 2. The van der Waals surface area contributed by atoms with Gasteiger partial charge >= 0.3 is 0 Å². The first kappa shape index (κ1) is 7.30. The summed E-state index contributed by atoms with van der Waals surface area (Å²) >= 11 is 0. The first-order chi connectivity index (χ1) is 5.59. The molecule has 6 unspecified atom stereocenters. The van der Waals surface area contributed by atoms with E-state index in [4.69, 9.17) is 4.74 Å². The Morgan fingerprint density at radius 2 is 2.17 bits per heavy atom. The normalized spacial score (nSPS) is 67.8. The van der Waals surface area contributed by atoms with Crippen LogP contribution in [0, 0.1) is 17.8 Å². The molecule has 2 N–H and O–H groups in total. The minimum absolute atomic E-state index is 0.0799. The quantitative estimate of drug-likeness (QED) is 0.542. The van der Waals surface area contributed by atoms with E-state index in [1.165, 1.54) is 0 Å². The van der Waals surface area contributed by atoms with E-state index in [-0.39, 0.29) is 18.1 Å². The van der Waals surface area contributed by atoms with Crippen molar-refractivity contribution in [2.75, 3.05) is 0 Å². The van der Waals surface area contributed by atoms with Gasteiger partial charge in [0.2, 0.25) is 0 Å². The molecular weight excluding hydrogens is 156 g/mol. The van der Waals surface area contributed by atoms with E-state index in [2.05, 4.69) is 0 Å². The van der Waals surface area contributed by atoms with Gasteiger partial charge in [0.15, 0.2) is 5.79 Å². The third-order valence-electron chi connectivity index (χ3n) is 3.95. The van der Waals surface area contributed by atoms with Gasteiger partial charge in [-0.05, 0) is 31.6 Å². The number of fused-ring (bicyclic) bond motifs is 1. The van der Waals surface area contributed by atoms with Gasteiger partial charge in [-0.1, -0.05) is 0 Å². The summed E-state index contributed by atoms with van der Waals surface area (Å²) in [6, 6.07) is 0. The van der Waals surface area contributed by atoms with Gasteiger partial charge in [-0.15, -0.1) is 0 Å². The van der Waals surface area contributed by atoms with E-state index in [0.717, 1.165) is 12.8 Å². The lowest BCUT2D eigenvalue weighted by Crippen LogP contribution is -2.31. The zero-order valence-corrected chi connectivity index (χ0v) is 7.10. The Morgan fingerprint density at radius 3 is 2.75 bits per heavy atom. The second-order valence-corrected chi connectivity index (χ2v) is 4.63. The van der Waals surface area contributed by atoms with Crippen LogP contribution in [-0.2, 0) is 4.74 Å². The number of ether oxygens (including phenoxy) is 1. The van der Waals surface area contributed by atoms with Crippen LogP contribution < -0.4 is 0 Å². The van der Waals surface area contributed by atoms with Crippen LogP contribution >= 0.6 is 0 Å². The minimum Gasteiger partial charge on any atom is -0.390 e. The molecule has 3 rings (SSSR count). The molecule has 2 aliphatic carbocycles. The lowest BCUT2D eigenvalue weighted by molar-refractivity contribution is -0.202. The van der Waals surface area contributed by atoms with Crippen LogP contribution in [0.1, 0.15) is 19.8 Å². The molecule has 3 aliphatic rings. The van der Waals surface area contributed by atoms with Crippen molar-refractivity contribution < 1.29 is 14.9 Å². The molecule has 0 radical (unpaired) electrons. The molecule has 1 heterocycles. The molecular formula is C9H14O3. The second kappa shape index (κ2) is 1.86. The third kappa shape index (κ3) is 0.640. The first-order valence-electron chi connectivity index (χ1n) is 4.68. The van der Waals surface area contributed by atoms with Crippen molar-refractivity contribution in [2.24, 2.45) is 17.8 Å². The minimum atomic E-state index is -0.971. The van der Waals surface area contributed by atoms with Crippen molar-refractivity contribution in [3.8, 4) is 0 Å². The van der Waals surface area contributed by atoms with E-state index in [0.29, 0.717) is 11.8 Å². The van der Waals surface area contributed by atoms with Crippen molar-refractivity contribution in [1.82, 2.24) is 0 Å². The summed E-state index contributed by atoms with van der Waals surface area (Å²) in [5.74, 6) is 0.108. The SMILES string of the molecule is CC1(O)OC2C(O)C3CC2C1C3. The van der Waals surface area contributed by atoms with Gasteiger partial charge in [0.05, 0.1) is 12.2 Å².